The van der Waals surface area contributed by atoms with Gasteiger partial charge in [0, 0.05) is 36.5 Å². The summed E-state index contributed by atoms with van der Waals surface area (Å²) in [6, 6.07) is 6.80. The van der Waals surface area contributed by atoms with Crippen LogP contribution in [0.1, 0.15) is 60.9 Å². The molecular weight excluding hydrogens is 300 g/mol. The average molecular weight is 324 g/mol. The van der Waals surface area contributed by atoms with E-state index in [4.69, 9.17) is 0 Å². The first-order valence-electron chi connectivity index (χ1n) is 8.82. The van der Waals surface area contributed by atoms with Crippen LogP contribution in [0.4, 0.5) is 0 Å². The third-order valence-electron chi connectivity index (χ3n) is 5.44. The molecule has 0 saturated carbocycles. The summed E-state index contributed by atoms with van der Waals surface area (Å²) < 4.78 is 1.98. The van der Waals surface area contributed by atoms with Crippen LogP contribution >= 0.6 is 0 Å². The molecular formula is C19H24N4O. The number of hydrogen-bond acceptors (Lipinski definition) is 3. The van der Waals surface area contributed by atoms with Crippen LogP contribution in [0.2, 0.25) is 0 Å². The Balaban J connectivity index is 1.54. The number of nitrogens with zero attached hydrogens (tertiary/aromatic N) is 4. The minimum Gasteiger partial charge on any atom is -0.332 e. The zero-order valence-electron chi connectivity index (χ0n) is 14.6. The van der Waals surface area contributed by atoms with Gasteiger partial charge in [-0.25, -0.2) is 0 Å². The minimum absolute atomic E-state index is 0.0842. The smallest absolute Gasteiger partial charge is 0.225 e. The number of pyridine rings is 1. The van der Waals surface area contributed by atoms with Gasteiger partial charge in [-0.1, -0.05) is 6.07 Å². The quantitative estimate of drug-likeness (QED) is 0.871. The van der Waals surface area contributed by atoms with Crippen LogP contribution < -0.4 is 0 Å². The molecule has 1 saturated heterocycles. The number of fused-ring (bicyclic) bond motifs is 4. The van der Waals surface area contributed by atoms with Crippen molar-refractivity contribution in [1.29, 1.82) is 0 Å². The summed E-state index contributed by atoms with van der Waals surface area (Å²) in [6.07, 6.45) is 5.41. The molecule has 1 fully saturated rings. The van der Waals surface area contributed by atoms with Crippen LogP contribution in [-0.2, 0) is 11.2 Å². The normalized spacial score (nSPS) is 23.2. The highest BCUT2D eigenvalue weighted by Gasteiger charge is 2.43. The van der Waals surface area contributed by atoms with E-state index in [9.17, 15) is 4.79 Å². The summed E-state index contributed by atoms with van der Waals surface area (Å²) in [4.78, 5) is 19.7. The van der Waals surface area contributed by atoms with Crippen molar-refractivity contribution in [2.75, 3.05) is 0 Å². The van der Waals surface area contributed by atoms with Gasteiger partial charge in [0.15, 0.2) is 0 Å². The lowest BCUT2D eigenvalue weighted by atomic mass is 9.97. The molecule has 0 spiro atoms. The summed E-state index contributed by atoms with van der Waals surface area (Å²) in [7, 11) is 0. The highest BCUT2D eigenvalue weighted by atomic mass is 16.2. The number of carbonyl (C=O) groups excluding carboxylic acids is 1. The summed E-state index contributed by atoms with van der Waals surface area (Å²) in [6.45, 7) is 6.12. The topological polar surface area (TPSA) is 51.0 Å². The van der Waals surface area contributed by atoms with Crippen LogP contribution in [-0.4, -0.2) is 31.6 Å². The molecule has 0 N–H and O–H groups in total. The summed E-state index contributed by atoms with van der Waals surface area (Å²) >= 11 is 0. The van der Waals surface area contributed by atoms with Gasteiger partial charge in [-0.3, -0.25) is 14.5 Å². The van der Waals surface area contributed by atoms with Crippen LogP contribution in [0.25, 0.3) is 0 Å². The number of hydrogen-bond donors (Lipinski definition) is 0. The third kappa shape index (κ3) is 2.43. The standard InChI is InChI=1S/C19H24N4O/c1-12-9-13(2)23(21-12)14(3)10-19(24)22-15-6-7-18(22)16-5-4-8-20-17(16)11-15/h4-5,8-9,14-15,18H,6-7,10-11H2,1-3H3. The van der Waals surface area contributed by atoms with E-state index >= 15 is 0 Å². The average Bonchev–Trinajstić information content (AvgIpc) is 3.06. The Morgan fingerprint density at radius 3 is 2.96 bits per heavy atom. The van der Waals surface area contributed by atoms with Crippen molar-refractivity contribution in [1.82, 2.24) is 19.7 Å². The van der Waals surface area contributed by atoms with Crippen molar-refractivity contribution in [2.45, 2.75) is 64.6 Å². The van der Waals surface area contributed by atoms with Gasteiger partial charge in [-0.15, -0.1) is 0 Å². The van der Waals surface area contributed by atoms with Gasteiger partial charge in [-0.2, -0.15) is 5.10 Å². The predicted octanol–water partition coefficient (Wildman–Crippen LogP) is 3.13. The van der Waals surface area contributed by atoms with Gasteiger partial charge in [-0.05, 0) is 51.3 Å². The van der Waals surface area contributed by atoms with Gasteiger partial charge in [0.05, 0.1) is 17.8 Å². The maximum atomic E-state index is 13.0. The van der Waals surface area contributed by atoms with Crippen molar-refractivity contribution < 1.29 is 4.79 Å². The molecule has 0 aliphatic carbocycles. The largest absolute Gasteiger partial charge is 0.332 e. The molecule has 1 amide bonds. The zero-order valence-corrected chi connectivity index (χ0v) is 14.6. The summed E-state index contributed by atoms with van der Waals surface area (Å²) in [5.74, 6) is 0.247. The molecule has 3 unspecified atom stereocenters. The van der Waals surface area contributed by atoms with E-state index in [1.807, 2.05) is 30.8 Å². The molecule has 126 valence electrons. The third-order valence-corrected chi connectivity index (χ3v) is 5.44. The SMILES string of the molecule is Cc1cc(C)n(C(C)CC(=O)N2C3CCC2c2cccnc2C3)n1. The van der Waals surface area contributed by atoms with Crippen molar-refractivity contribution in [3.63, 3.8) is 0 Å². The van der Waals surface area contributed by atoms with Crippen LogP contribution in [0.5, 0.6) is 0 Å². The second-order valence-electron chi connectivity index (χ2n) is 7.22. The van der Waals surface area contributed by atoms with Crippen LogP contribution in [0.15, 0.2) is 24.4 Å². The Morgan fingerprint density at radius 2 is 2.21 bits per heavy atom. The number of amides is 1. The van der Waals surface area contributed by atoms with Crippen LogP contribution in [0, 0.1) is 13.8 Å². The first-order chi connectivity index (χ1) is 11.5. The lowest BCUT2D eigenvalue weighted by molar-refractivity contribution is -0.135. The molecule has 0 radical (unpaired) electrons. The molecule has 4 rings (SSSR count). The second-order valence-corrected chi connectivity index (χ2v) is 7.22. The summed E-state index contributed by atoms with van der Waals surface area (Å²) in [5.41, 5.74) is 4.55. The molecule has 24 heavy (non-hydrogen) atoms. The Morgan fingerprint density at radius 1 is 1.38 bits per heavy atom. The fourth-order valence-electron chi connectivity index (χ4n) is 4.45. The van der Waals surface area contributed by atoms with E-state index in [-0.39, 0.29) is 18.0 Å². The van der Waals surface area contributed by atoms with Crippen LogP contribution in [0.3, 0.4) is 0 Å². The van der Waals surface area contributed by atoms with Gasteiger partial charge < -0.3 is 4.90 Å². The predicted molar refractivity (Wildman–Crippen MR) is 91.6 cm³/mol. The molecule has 4 heterocycles. The van der Waals surface area contributed by atoms with E-state index < -0.39 is 0 Å². The van der Waals surface area contributed by atoms with Gasteiger partial charge in [0.25, 0.3) is 0 Å². The molecule has 2 aliphatic heterocycles. The van der Waals surface area contributed by atoms with E-state index in [0.717, 1.165) is 30.7 Å². The van der Waals surface area contributed by atoms with E-state index in [2.05, 4.69) is 34.0 Å². The highest BCUT2D eigenvalue weighted by Crippen LogP contribution is 2.43. The zero-order chi connectivity index (χ0) is 16.8. The Bertz CT molecular complexity index is 781. The monoisotopic (exact) mass is 324 g/mol. The minimum atomic E-state index is 0.0842. The molecule has 2 aliphatic rings. The fourth-order valence-corrected chi connectivity index (χ4v) is 4.45. The van der Waals surface area contributed by atoms with Crippen molar-refractivity contribution in [3.05, 3.63) is 47.0 Å². The van der Waals surface area contributed by atoms with E-state index in [1.54, 1.807) is 0 Å². The molecule has 2 aromatic rings. The second kappa shape index (κ2) is 5.72. The highest BCUT2D eigenvalue weighted by molar-refractivity contribution is 5.78. The number of carbonyl (C=O) groups is 1. The number of aromatic nitrogens is 3. The molecule has 0 aromatic carbocycles. The van der Waals surface area contributed by atoms with Gasteiger partial charge >= 0.3 is 0 Å². The number of rotatable bonds is 3. The lowest BCUT2D eigenvalue weighted by Crippen LogP contribution is -2.42. The molecule has 5 nitrogen and oxygen atoms in total. The molecule has 2 aromatic heterocycles. The Hall–Kier alpha value is -2.17. The first kappa shape index (κ1) is 15.4. The number of aryl methyl sites for hydroxylation is 2. The fraction of sp³-hybridized carbons (Fsp3) is 0.526. The molecule has 5 heteroatoms. The van der Waals surface area contributed by atoms with Crippen molar-refractivity contribution in [3.8, 4) is 0 Å². The van der Waals surface area contributed by atoms with Gasteiger partial charge in [0.2, 0.25) is 5.91 Å². The maximum absolute atomic E-state index is 13.0. The first-order valence-corrected chi connectivity index (χ1v) is 8.82. The molecule has 3 atom stereocenters. The Kier molecular flexibility index (Phi) is 3.66. The lowest BCUT2D eigenvalue weighted by Gasteiger charge is -2.36. The summed E-state index contributed by atoms with van der Waals surface area (Å²) in [5, 5.41) is 4.53. The Labute approximate surface area is 142 Å². The van der Waals surface area contributed by atoms with E-state index in [0.29, 0.717) is 12.5 Å². The van der Waals surface area contributed by atoms with Crippen molar-refractivity contribution >= 4 is 5.91 Å². The van der Waals surface area contributed by atoms with E-state index in [1.165, 1.54) is 11.3 Å². The van der Waals surface area contributed by atoms with Gasteiger partial charge in [0.1, 0.15) is 0 Å². The van der Waals surface area contributed by atoms with Crippen molar-refractivity contribution in [2.24, 2.45) is 0 Å². The molecule has 2 bridgehead atoms. The maximum Gasteiger partial charge on any atom is 0.225 e.